The number of carbonyl (C=O) groups excluding carboxylic acids is 2. The highest BCUT2D eigenvalue weighted by Crippen LogP contribution is 2.31. The molecule has 0 saturated heterocycles. The van der Waals surface area contributed by atoms with Gasteiger partial charge in [0.25, 0.3) is 0 Å². The van der Waals surface area contributed by atoms with Crippen LogP contribution < -0.4 is 9.47 Å². The van der Waals surface area contributed by atoms with Crippen molar-refractivity contribution < 1.29 is 19.1 Å². The van der Waals surface area contributed by atoms with Crippen LogP contribution in [0.5, 0.6) is 11.5 Å². The van der Waals surface area contributed by atoms with Crippen molar-refractivity contribution in [2.75, 3.05) is 19.8 Å². The number of hydrogen-bond acceptors (Lipinski definition) is 4. The van der Waals surface area contributed by atoms with Crippen LogP contribution in [0.25, 0.3) is 0 Å². The third kappa shape index (κ3) is 4.44. The summed E-state index contributed by atoms with van der Waals surface area (Å²) in [6, 6.07) is 11.8. The molecule has 2 aromatic rings. The first-order valence-corrected chi connectivity index (χ1v) is 10.5. The van der Waals surface area contributed by atoms with Crippen LogP contribution in [0.1, 0.15) is 53.2 Å². The van der Waals surface area contributed by atoms with Gasteiger partial charge in [-0.1, -0.05) is 18.2 Å². The number of ketones is 1. The largest absolute Gasteiger partial charge is 0.486 e. The second kappa shape index (κ2) is 8.68. The first-order chi connectivity index (χ1) is 14.1. The minimum absolute atomic E-state index is 0.00287. The second-order valence-electron chi connectivity index (χ2n) is 7.65. The first-order valence-electron chi connectivity index (χ1n) is 10.5. The fourth-order valence-corrected chi connectivity index (χ4v) is 4.05. The molecule has 1 aliphatic carbocycles. The summed E-state index contributed by atoms with van der Waals surface area (Å²) in [6.07, 6.45) is 3.79. The van der Waals surface area contributed by atoms with Crippen molar-refractivity contribution in [1.82, 2.24) is 4.90 Å². The fourth-order valence-electron chi connectivity index (χ4n) is 4.05. The number of nitrogens with zero attached hydrogens (tertiary/aromatic N) is 1. The Kier molecular flexibility index (Phi) is 5.84. The van der Waals surface area contributed by atoms with Gasteiger partial charge >= 0.3 is 0 Å². The number of benzene rings is 2. The van der Waals surface area contributed by atoms with Crippen LogP contribution in [-0.4, -0.2) is 36.3 Å². The summed E-state index contributed by atoms with van der Waals surface area (Å²) in [7, 11) is 0. The van der Waals surface area contributed by atoms with Crippen molar-refractivity contribution in [2.45, 2.75) is 45.6 Å². The summed E-state index contributed by atoms with van der Waals surface area (Å²) in [5.41, 5.74) is 4.37. The first kappa shape index (κ1) is 19.5. The molecule has 152 valence electrons. The van der Waals surface area contributed by atoms with E-state index in [0.29, 0.717) is 26.3 Å². The highest BCUT2D eigenvalue weighted by Gasteiger charge is 2.18. The van der Waals surface area contributed by atoms with Gasteiger partial charge in [0.1, 0.15) is 13.2 Å². The van der Waals surface area contributed by atoms with Gasteiger partial charge in [-0.15, -0.1) is 0 Å². The van der Waals surface area contributed by atoms with Crippen LogP contribution >= 0.6 is 0 Å². The third-order valence-electron chi connectivity index (χ3n) is 5.70. The molecule has 1 aliphatic heterocycles. The van der Waals surface area contributed by atoms with E-state index in [4.69, 9.17) is 9.47 Å². The van der Waals surface area contributed by atoms with Crippen molar-refractivity contribution in [3.8, 4) is 11.5 Å². The number of aryl methyl sites for hydroxylation is 2. The minimum atomic E-state index is -0.00287. The molecule has 0 radical (unpaired) electrons. The highest BCUT2D eigenvalue weighted by atomic mass is 16.6. The van der Waals surface area contributed by atoms with E-state index in [9.17, 15) is 9.59 Å². The molecule has 29 heavy (non-hydrogen) atoms. The van der Waals surface area contributed by atoms with E-state index in [2.05, 4.69) is 6.07 Å². The number of carbonyl (C=O) groups is 2. The monoisotopic (exact) mass is 393 g/mol. The van der Waals surface area contributed by atoms with Crippen molar-refractivity contribution in [3.05, 3.63) is 58.7 Å². The normalized spacial score (nSPS) is 14.4. The Morgan fingerprint density at radius 3 is 2.55 bits per heavy atom. The van der Waals surface area contributed by atoms with Crippen LogP contribution in [0.15, 0.2) is 36.4 Å². The molecule has 0 unspecified atom stereocenters. The van der Waals surface area contributed by atoms with E-state index in [-0.39, 0.29) is 24.5 Å². The Bertz CT molecular complexity index is 921. The van der Waals surface area contributed by atoms with Crippen LogP contribution in [0.3, 0.4) is 0 Å². The van der Waals surface area contributed by atoms with Crippen LogP contribution in [-0.2, 0) is 24.2 Å². The quantitative estimate of drug-likeness (QED) is 0.668. The van der Waals surface area contributed by atoms with E-state index < -0.39 is 0 Å². The van der Waals surface area contributed by atoms with E-state index in [0.717, 1.165) is 41.9 Å². The van der Waals surface area contributed by atoms with Gasteiger partial charge in [-0.25, -0.2) is 0 Å². The minimum Gasteiger partial charge on any atom is -0.486 e. The average molecular weight is 393 g/mol. The lowest BCUT2D eigenvalue weighted by molar-refractivity contribution is -0.131. The molecule has 0 fully saturated rings. The molecule has 2 aliphatic rings. The van der Waals surface area contributed by atoms with Gasteiger partial charge in [-0.05, 0) is 61.1 Å². The Morgan fingerprint density at radius 1 is 0.931 bits per heavy atom. The molecule has 0 bridgehead atoms. The number of ether oxygens (including phenoxy) is 2. The maximum atomic E-state index is 12.7. The van der Waals surface area contributed by atoms with Gasteiger partial charge < -0.3 is 14.4 Å². The topological polar surface area (TPSA) is 55.8 Å². The molecule has 5 heteroatoms. The van der Waals surface area contributed by atoms with E-state index in [1.54, 1.807) is 4.90 Å². The van der Waals surface area contributed by atoms with Gasteiger partial charge in [-0.2, -0.15) is 0 Å². The van der Waals surface area contributed by atoms with E-state index in [1.807, 2.05) is 37.3 Å². The Hall–Kier alpha value is -2.82. The van der Waals surface area contributed by atoms with Gasteiger partial charge in [0.2, 0.25) is 5.91 Å². The molecule has 5 nitrogen and oxygen atoms in total. The molecule has 0 spiro atoms. The summed E-state index contributed by atoms with van der Waals surface area (Å²) in [5.74, 6) is 1.51. The molecule has 0 atom stereocenters. The predicted octanol–water partition coefficient (Wildman–Crippen LogP) is 3.96. The summed E-state index contributed by atoms with van der Waals surface area (Å²) in [4.78, 5) is 27.1. The molecular formula is C24H27NO4. The number of amides is 1. The molecule has 4 rings (SSSR count). The van der Waals surface area contributed by atoms with Gasteiger partial charge in [0.05, 0.1) is 0 Å². The zero-order valence-corrected chi connectivity index (χ0v) is 16.9. The third-order valence-corrected chi connectivity index (χ3v) is 5.70. The zero-order valence-electron chi connectivity index (χ0n) is 16.9. The molecule has 0 saturated carbocycles. The molecule has 1 amide bonds. The van der Waals surface area contributed by atoms with Crippen molar-refractivity contribution in [2.24, 2.45) is 0 Å². The number of hydrogen-bond donors (Lipinski definition) is 0. The maximum Gasteiger partial charge on any atom is 0.223 e. The Labute approximate surface area is 171 Å². The fraction of sp³-hybridized carbons (Fsp3) is 0.417. The summed E-state index contributed by atoms with van der Waals surface area (Å²) in [5, 5.41) is 0. The smallest absolute Gasteiger partial charge is 0.223 e. The van der Waals surface area contributed by atoms with Crippen molar-refractivity contribution in [3.63, 3.8) is 0 Å². The number of rotatable bonds is 7. The molecule has 2 aromatic carbocycles. The van der Waals surface area contributed by atoms with Crippen molar-refractivity contribution >= 4 is 11.7 Å². The van der Waals surface area contributed by atoms with Crippen LogP contribution in [0.4, 0.5) is 0 Å². The SMILES string of the molecule is CCN(Cc1ccc2c(c1)OCCO2)C(=O)CCC(=O)c1ccc2c(c1)CCC2. The molecule has 0 N–H and O–H groups in total. The maximum absolute atomic E-state index is 12.7. The molecular weight excluding hydrogens is 366 g/mol. The van der Waals surface area contributed by atoms with Gasteiger partial charge in [0, 0.05) is 31.5 Å². The lowest BCUT2D eigenvalue weighted by atomic mass is 10.0. The average Bonchev–Trinajstić information content (AvgIpc) is 3.23. The van der Waals surface area contributed by atoms with Crippen LogP contribution in [0.2, 0.25) is 0 Å². The standard InChI is InChI=1S/C24H27NO4/c1-2-25(16-17-6-10-22-23(14-17)29-13-12-28-22)24(27)11-9-21(26)20-8-7-18-4-3-5-19(18)15-20/h6-8,10,14-15H,2-5,9,11-13,16H2,1H3. The number of Topliss-reactive ketones (excluding diaryl/α,β-unsaturated/α-hetero) is 1. The van der Waals surface area contributed by atoms with Gasteiger partial charge in [-0.3, -0.25) is 9.59 Å². The molecule has 1 heterocycles. The lowest BCUT2D eigenvalue weighted by Gasteiger charge is -2.23. The van der Waals surface area contributed by atoms with Crippen molar-refractivity contribution in [1.29, 1.82) is 0 Å². The summed E-state index contributed by atoms with van der Waals surface area (Å²) < 4.78 is 11.2. The highest BCUT2D eigenvalue weighted by molar-refractivity contribution is 5.98. The summed E-state index contributed by atoms with van der Waals surface area (Å²) >= 11 is 0. The second-order valence-corrected chi connectivity index (χ2v) is 7.65. The van der Waals surface area contributed by atoms with Crippen LogP contribution in [0, 0.1) is 0 Å². The Morgan fingerprint density at radius 2 is 1.72 bits per heavy atom. The molecule has 0 aromatic heterocycles. The number of fused-ring (bicyclic) bond motifs is 2. The zero-order chi connectivity index (χ0) is 20.2. The van der Waals surface area contributed by atoms with E-state index in [1.165, 1.54) is 11.1 Å². The van der Waals surface area contributed by atoms with Gasteiger partial charge in [0.15, 0.2) is 17.3 Å². The van der Waals surface area contributed by atoms with E-state index >= 15 is 0 Å². The lowest BCUT2D eigenvalue weighted by Crippen LogP contribution is -2.30. The predicted molar refractivity (Wildman–Crippen MR) is 111 cm³/mol. The summed E-state index contributed by atoms with van der Waals surface area (Å²) in [6.45, 7) is 4.15. The Balaban J connectivity index is 1.34.